The predicted molar refractivity (Wildman–Crippen MR) is 265 cm³/mol. The van der Waals surface area contributed by atoms with E-state index in [1.807, 2.05) is 60.7 Å². The fourth-order valence-electron chi connectivity index (χ4n) is 10.7. The molecule has 0 amide bonds. The first-order valence-corrected chi connectivity index (χ1v) is 22.4. The molecule has 308 valence electrons. The van der Waals surface area contributed by atoms with E-state index in [4.69, 9.17) is 19.4 Å². The Morgan fingerprint density at radius 2 is 1.00 bits per heavy atom. The number of rotatable bonds is 6. The molecule has 2 aromatic heterocycles. The number of furan rings is 1. The largest absolute Gasteiger partial charge is 0.455 e. The number of fused-ring (bicyclic) bond motifs is 9. The lowest BCUT2D eigenvalue weighted by atomic mass is 9.81. The molecular weight excluding hydrogens is 793 g/mol. The van der Waals surface area contributed by atoms with Crippen LogP contribution in [-0.2, 0) is 5.41 Å². The van der Waals surface area contributed by atoms with E-state index in [2.05, 4.69) is 164 Å². The van der Waals surface area contributed by atoms with Gasteiger partial charge >= 0.3 is 0 Å². The first-order valence-electron chi connectivity index (χ1n) is 22.4. The van der Waals surface area contributed by atoms with Gasteiger partial charge in [0.2, 0.25) is 0 Å². The summed E-state index contributed by atoms with van der Waals surface area (Å²) in [7, 11) is 0. The van der Waals surface area contributed by atoms with Crippen molar-refractivity contribution >= 4 is 33.3 Å². The fourth-order valence-corrected chi connectivity index (χ4v) is 10.7. The minimum absolute atomic E-state index is 0.0724. The quantitative estimate of drug-likeness (QED) is 0.167. The third-order valence-corrected chi connectivity index (χ3v) is 13.9. The maximum Gasteiger partial charge on any atom is 0.164 e. The van der Waals surface area contributed by atoms with Crippen LogP contribution in [0.2, 0.25) is 0 Å². The molecule has 5 nitrogen and oxygen atoms in total. The Morgan fingerprint density at radius 1 is 0.446 bits per heavy atom. The van der Waals surface area contributed by atoms with E-state index in [0.717, 1.165) is 60.9 Å². The lowest BCUT2D eigenvalue weighted by Gasteiger charge is -2.29. The van der Waals surface area contributed by atoms with Crippen molar-refractivity contribution in [2.24, 2.45) is 0 Å². The summed E-state index contributed by atoms with van der Waals surface area (Å²) < 4.78 is 6.99. The first-order chi connectivity index (χ1) is 32.0. The first kappa shape index (κ1) is 37.4. The van der Waals surface area contributed by atoms with E-state index in [1.165, 1.54) is 39.2 Å². The Morgan fingerprint density at radius 3 is 1.69 bits per heavy atom. The molecule has 0 saturated heterocycles. The Labute approximate surface area is 377 Å². The Hall–Kier alpha value is -8.15. The summed E-state index contributed by atoms with van der Waals surface area (Å²) in [6.07, 6.45) is 9.14. The van der Waals surface area contributed by atoms with Gasteiger partial charge in [0, 0.05) is 61.3 Å². The van der Waals surface area contributed by atoms with Crippen molar-refractivity contribution in [3.8, 4) is 67.5 Å². The number of para-hydroxylation sites is 2. The monoisotopic (exact) mass is 834 g/mol. The van der Waals surface area contributed by atoms with E-state index in [0.29, 0.717) is 17.5 Å². The average molecular weight is 835 g/mol. The number of allylic oxidation sites excluding steroid dienone is 2. The summed E-state index contributed by atoms with van der Waals surface area (Å²) in [5.41, 5.74) is 18.0. The molecule has 2 atom stereocenters. The van der Waals surface area contributed by atoms with Gasteiger partial charge in [-0.2, -0.15) is 0 Å². The van der Waals surface area contributed by atoms with Crippen molar-refractivity contribution in [1.29, 1.82) is 0 Å². The summed E-state index contributed by atoms with van der Waals surface area (Å²) in [6.45, 7) is 4.73. The SMILES string of the molecule is CC1(C)c2ccccc2-c2cc3c(cc21)N(c1ccc(-c2cccc4c2oc2c(-c5cccc(-c6nc(-c7ccccc7)nc(-c7ccccc7)n6)c5)cccc24)cc1)C1C=CC=CC31. The molecular formula is C60H42N4O. The molecule has 13 rings (SSSR count). The maximum atomic E-state index is 6.99. The van der Waals surface area contributed by atoms with Crippen LogP contribution in [0.4, 0.5) is 11.4 Å². The predicted octanol–water partition coefficient (Wildman–Crippen LogP) is 15.1. The summed E-state index contributed by atoms with van der Waals surface area (Å²) >= 11 is 0. The Bertz CT molecular complexity index is 3530. The minimum Gasteiger partial charge on any atom is -0.455 e. The van der Waals surface area contributed by atoms with Gasteiger partial charge in [-0.25, -0.2) is 15.0 Å². The molecule has 2 unspecified atom stereocenters. The van der Waals surface area contributed by atoms with Crippen LogP contribution in [0.3, 0.4) is 0 Å². The van der Waals surface area contributed by atoms with Crippen LogP contribution in [0.15, 0.2) is 211 Å². The van der Waals surface area contributed by atoms with E-state index in [1.54, 1.807) is 0 Å². The molecule has 2 aliphatic carbocycles. The van der Waals surface area contributed by atoms with Gasteiger partial charge in [-0.15, -0.1) is 0 Å². The third kappa shape index (κ3) is 5.89. The van der Waals surface area contributed by atoms with Crippen LogP contribution < -0.4 is 4.90 Å². The molecule has 65 heavy (non-hydrogen) atoms. The molecule has 5 heteroatoms. The normalized spacial score (nSPS) is 16.4. The van der Waals surface area contributed by atoms with Crippen molar-refractivity contribution in [1.82, 2.24) is 15.0 Å². The summed E-state index contributed by atoms with van der Waals surface area (Å²) in [5, 5.41) is 2.17. The van der Waals surface area contributed by atoms with Crippen molar-refractivity contribution in [2.75, 3.05) is 4.90 Å². The maximum absolute atomic E-state index is 6.99. The summed E-state index contributed by atoms with van der Waals surface area (Å²) in [4.78, 5) is 17.5. The second-order valence-corrected chi connectivity index (χ2v) is 17.9. The number of aromatic nitrogens is 3. The molecule has 3 heterocycles. The van der Waals surface area contributed by atoms with E-state index < -0.39 is 0 Å². The second kappa shape index (κ2) is 14.4. The van der Waals surface area contributed by atoms with Crippen molar-refractivity contribution in [3.63, 3.8) is 0 Å². The van der Waals surface area contributed by atoms with Crippen LogP contribution >= 0.6 is 0 Å². The smallest absolute Gasteiger partial charge is 0.164 e. The molecule has 0 spiro atoms. The number of anilines is 2. The van der Waals surface area contributed by atoms with Crippen molar-refractivity contribution < 1.29 is 4.42 Å². The molecule has 1 aliphatic heterocycles. The van der Waals surface area contributed by atoms with Gasteiger partial charge in [-0.05, 0) is 69.3 Å². The van der Waals surface area contributed by atoms with Gasteiger partial charge in [0.05, 0.1) is 6.04 Å². The highest BCUT2D eigenvalue weighted by atomic mass is 16.3. The molecule has 10 aromatic rings. The molecule has 3 aliphatic rings. The van der Waals surface area contributed by atoms with Crippen LogP contribution in [0.1, 0.15) is 36.5 Å². The van der Waals surface area contributed by atoms with Gasteiger partial charge in [-0.3, -0.25) is 0 Å². The van der Waals surface area contributed by atoms with E-state index in [9.17, 15) is 0 Å². The molecule has 0 N–H and O–H groups in total. The van der Waals surface area contributed by atoms with Gasteiger partial charge < -0.3 is 9.32 Å². The molecule has 0 fully saturated rings. The molecule has 8 aromatic carbocycles. The Kier molecular flexibility index (Phi) is 8.31. The van der Waals surface area contributed by atoms with Crippen LogP contribution in [0.25, 0.3) is 89.5 Å². The summed E-state index contributed by atoms with van der Waals surface area (Å²) in [5.74, 6) is 2.17. The zero-order valence-corrected chi connectivity index (χ0v) is 36.0. The lowest BCUT2D eigenvalue weighted by Crippen LogP contribution is -2.28. The zero-order chi connectivity index (χ0) is 43.2. The molecule has 0 radical (unpaired) electrons. The van der Waals surface area contributed by atoms with E-state index in [-0.39, 0.29) is 17.4 Å². The summed E-state index contributed by atoms with van der Waals surface area (Å²) in [6, 6.07) is 64.7. The van der Waals surface area contributed by atoms with Crippen molar-refractivity contribution in [3.05, 3.63) is 223 Å². The number of hydrogen-bond donors (Lipinski definition) is 0. The average Bonchev–Trinajstić information content (AvgIpc) is 3.99. The number of benzene rings is 8. The standard InChI is InChI=1S/C60H42N4O/c1-60(2)51-28-11-9-22-45(51)49-35-50-46-23-10-12-29-53(46)64(54(50)36-52(49)60)42-32-30-37(31-33-42)43-24-14-26-47-48-27-15-25-44(56(48)65-55(43)47)40-20-13-21-41(34-40)59-62-57(38-16-5-3-6-17-38)61-58(63-59)39-18-7-4-8-19-39/h3-36,46,53H,1-2H3. The third-order valence-electron chi connectivity index (χ3n) is 13.9. The van der Waals surface area contributed by atoms with Gasteiger partial charge in [0.25, 0.3) is 0 Å². The van der Waals surface area contributed by atoms with E-state index >= 15 is 0 Å². The highest BCUT2D eigenvalue weighted by Crippen LogP contribution is 2.56. The second-order valence-electron chi connectivity index (χ2n) is 17.9. The Balaban J connectivity index is 0.874. The molecule has 0 saturated carbocycles. The van der Waals surface area contributed by atoms with Gasteiger partial charge in [0.15, 0.2) is 17.5 Å². The van der Waals surface area contributed by atoms with Crippen LogP contribution in [0.5, 0.6) is 0 Å². The van der Waals surface area contributed by atoms with Gasteiger partial charge in [-0.1, -0.05) is 190 Å². The van der Waals surface area contributed by atoms with Gasteiger partial charge in [0.1, 0.15) is 11.2 Å². The highest BCUT2D eigenvalue weighted by molar-refractivity contribution is 6.13. The van der Waals surface area contributed by atoms with Crippen molar-refractivity contribution in [2.45, 2.75) is 31.2 Å². The minimum atomic E-state index is -0.0724. The fraction of sp³-hybridized carbons (Fsp3) is 0.0833. The van der Waals surface area contributed by atoms with Crippen LogP contribution in [0, 0.1) is 0 Å². The number of hydrogen-bond acceptors (Lipinski definition) is 5. The number of nitrogens with zero attached hydrogens (tertiary/aromatic N) is 4. The zero-order valence-electron chi connectivity index (χ0n) is 36.0. The lowest BCUT2D eigenvalue weighted by molar-refractivity contribution is 0.660. The topological polar surface area (TPSA) is 55.1 Å². The van der Waals surface area contributed by atoms with Crippen LogP contribution in [-0.4, -0.2) is 21.0 Å². The molecule has 0 bridgehead atoms. The highest BCUT2D eigenvalue weighted by Gasteiger charge is 2.42.